The van der Waals surface area contributed by atoms with Crippen LogP contribution in [0.1, 0.15) is 16.7 Å². The summed E-state index contributed by atoms with van der Waals surface area (Å²) in [5.74, 6) is -0.202. The van der Waals surface area contributed by atoms with Gasteiger partial charge in [-0.3, -0.25) is 4.79 Å². The lowest BCUT2D eigenvalue weighted by atomic mass is 10.1. The second kappa shape index (κ2) is 8.53. The van der Waals surface area contributed by atoms with E-state index in [1.165, 1.54) is 11.8 Å². The van der Waals surface area contributed by atoms with E-state index in [-0.39, 0.29) is 35.1 Å². The van der Waals surface area contributed by atoms with Crippen LogP contribution < -0.4 is 0 Å². The van der Waals surface area contributed by atoms with Crippen LogP contribution in [0.3, 0.4) is 0 Å². The van der Waals surface area contributed by atoms with Gasteiger partial charge >= 0.3 is 0 Å². The second-order valence-electron chi connectivity index (χ2n) is 7.40. The number of benzene rings is 2. The van der Waals surface area contributed by atoms with Crippen molar-refractivity contribution in [1.29, 1.82) is 0 Å². The van der Waals surface area contributed by atoms with Crippen molar-refractivity contribution in [2.75, 3.05) is 11.5 Å². The molecule has 0 bridgehead atoms. The maximum atomic E-state index is 12.6. The third-order valence-electron chi connectivity index (χ3n) is 4.90. The molecule has 6 nitrogen and oxygen atoms in total. The lowest BCUT2D eigenvalue weighted by Crippen LogP contribution is -2.33. The smallest absolute Gasteiger partial charge is 0.252 e. The largest absolute Gasteiger partial charge is 0.272 e. The summed E-state index contributed by atoms with van der Waals surface area (Å²) in [4.78, 5) is 16.8. The first-order valence-electron chi connectivity index (χ1n) is 9.42. The highest BCUT2D eigenvalue weighted by Crippen LogP contribution is 2.38. The van der Waals surface area contributed by atoms with Crippen LogP contribution in [0, 0.1) is 6.92 Å². The number of aliphatic imine (C=N–C) groups is 1. The number of aryl methyl sites for hydroxylation is 1. The van der Waals surface area contributed by atoms with Crippen molar-refractivity contribution in [3.8, 4) is 0 Å². The van der Waals surface area contributed by atoms with Gasteiger partial charge in [0.2, 0.25) is 0 Å². The van der Waals surface area contributed by atoms with Crippen LogP contribution in [0.15, 0.2) is 58.6 Å². The average molecular weight is 462 g/mol. The molecule has 0 spiro atoms. The zero-order chi connectivity index (χ0) is 21.3. The molecule has 1 amide bonds. The molecule has 0 aliphatic carbocycles. The van der Waals surface area contributed by atoms with E-state index in [9.17, 15) is 13.2 Å². The number of halogens is 1. The first-order chi connectivity index (χ1) is 14.3. The van der Waals surface area contributed by atoms with Crippen LogP contribution >= 0.6 is 23.4 Å². The van der Waals surface area contributed by atoms with Gasteiger partial charge in [-0.15, -0.1) is 0 Å². The molecule has 2 fully saturated rings. The Morgan fingerprint density at radius 3 is 2.73 bits per heavy atom. The number of amides is 1. The van der Waals surface area contributed by atoms with Crippen molar-refractivity contribution in [2.24, 2.45) is 10.1 Å². The van der Waals surface area contributed by atoms with E-state index in [2.05, 4.69) is 10.1 Å². The van der Waals surface area contributed by atoms with Crippen LogP contribution in [0.4, 0.5) is 0 Å². The Labute approximate surface area is 184 Å². The molecule has 156 valence electrons. The summed E-state index contributed by atoms with van der Waals surface area (Å²) < 4.78 is 24.2. The number of nitrogens with zero attached hydrogens (tertiary/aromatic N) is 3. The highest BCUT2D eigenvalue weighted by atomic mass is 35.5. The standard InChI is InChI=1S/C21H20ClN3O3S2/c1-14-3-2-4-16(9-14)10-20(26)24-21-25(18-12-30(27,28)13-19(18)29-21)23-11-15-5-7-17(22)8-6-15/h2-9,11,18-19H,10,12-13H2,1H3/b23-11-,24-21?/t18-,19+/m1/s1. The fourth-order valence-electron chi connectivity index (χ4n) is 3.50. The third-order valence-corrected chi connectivity index (χ3v) is 8.35. The third kappa shape index (κ3) is 4.94. The molecule has 30 heavy (non-hydrogen) atoms. The molecule has 0 radical (unpaired) electrons. The molecular weight excluding hydrogens is 442 g/mol. The normalized spacial score (nSPS) is 23.9. The maximum absolute atomic E-state index is 12.6. The van der Waals surface area contributed by atoms with Gasteiger partial charge in [-0.05, 0) is 30.2 Å². The number of rotatable bonds is 4. The van der Waals surface area contributed by atoms with Gasteiger partial charge in [0, 0.05) is 5.02 Å². The first-order valence-corrected chi connectivity index (χ1v) is 12.5. The zero-order valence-corrected chi connectivity index (χ0v) is 18.6. The average Bonchev–Trinajstić information content (AvgIpc) is 3.12. The number of hydrogen-bond donors (Lipinski definition) is 0. The molecular formula is C21H20ClN3O3S2. The van der Waals surface area contributed by atoms with Gasteiger partial charge in [-0.1, -0.05) is 65.3 Å². The molecule has 2 saturated heterocycles. The summed E-state index contributed by atoms with van der Waals surface area (Å²) in [6.45, 7) is 1.97. The highest BCUT2D eigenvalue weighted by molar-refractivity contribution is 8.15. The Morgan fingerprint density at radius 1 is 1.23 bits per heavy atom. The maximum Gasteiger partial charge on any atom is 0.252 e. The number of hydrazone groups is 1. The Bertz CT molecular complexity index is 1130. The number of fused-ring (bicyclic) bond motifs is 1. The van der Waals surface area contributed by atoms with Gasteiger partial charge in [0.25, 0.3) is 5.91 Å². The van der Waals surface area contributed by atoms with Gasteiger partial charge in [-0.2, -0.15) is 10.1 Å². The summed E-state index contributed by atoms with van der Waals surface area (Å²) in [5, 5.41) is 6.96. The Hall–Kier alpha value is -2.16. The Balaban J connectivity index is 1.57. The van der Waals surface area contributed by atoms with Crippen LogP contribution in [0.5, 0.6) is 0 Å². The SMILES string of the molecule is Cc1cccc(CC(=O)N=C2S[C@H]3CS(=O)(=O)C[C@H]3N2/N=C\c2ccc(Cl)cc2)c1. The van der Waals surface area contributed by atoms with Crippen molar-refractivity contribution in [3.05, 3.63) is 70.2 Å². The fraction of sp³-hybridized carbons (Fsp3) is 0.286. The van der Waals surface area contributed by atoms with Crippen molar-refractivity contribution >= 4 is 50.5 Å². The Morgan fingerprint density at radius 2 is 2.00 bits per heavy atom. The van der Waals surface area contributed by atoms with Gasteiger partial charge in [0.15, 0.2) is 15.0 Å². The number of amidine groups is 1. The molecule has 2 aliphatic rings. The molecule has 2 aromatic rings. The summed E-state index contributed by atoms with van der Waals surface area (Å²) in [6, 6.07) is 14.6. The first kappa shape index (κ1) is 21.1. The van der Waals surface area contributed by atoms with Gasteiger partial charge in [0.1, 0.15) is 0 Å². The van der Waals surface area contributed by atoms with E-state index in [0.29, 0.717) is 10.2 Å². The minimum absolute atomic E-state index is 0.00765. The van der Waals surface area contributed by atoms with Crippen molar-refractivity contribution in [2.45, 2.75) is 24.6 Å². The molecule has 2 aliphatic heterocycles. The quantitative estimate of drug-likeness (QED) is 0.652. The number of carbonyl (C=O) groups is 1. The van der Waals surface area contributed by atoms with Gasteiger partial charge in [0.05, 0.1) is 35.4 Å². The number of carbonyl (C=O) groups excluding carboxylic acids is 1. The van der Waals surface area contributed by atoms with Gasteiger partial charge < -0.3 is 0 Å². The summed E-state index contributed by atoms with van der Waals surface area (Å²) >= 11 is 7.23. The number of sulfone groups is 1. The molecule has 0 saturated carbocycles. The van der Waals surface area contributed by atoms with Crippen LogP contribution in [0.2, 0.25) is 5.02 Å². The summed E-state index contributed by atoms with van der Waals surface area (Å²) in [6.07, 6.45) is 1.82. The van der Waals surface area contributed by atoms with E-state index < -0.39 is 9.84 Å². The molecule has 2 heterocycles. The van der Waals surface area contributed by atoms with Crippen molar-refractivity contribution in [1.82, 2.24) is 5.01 Å². The topological polar surface area (TPSA) is 79.2 Å². The second-order valence-corrected chi connectivity index (χ2v) is 11.2. The number of hydrogen-bond acceptors (Lipinski definition) is 5. The predicted octanol–water partition coefficient (Wildman–Crippen LogP) is 3.32. The molecule has 4 rings (SSSR count). The van der Waals surface area contributed by atoms with E-state index in [1.807, 2.05) is 43.3 Å². The highest BCUT2D eigenvalue weighted by Gasteiger charge is 2.49. The van der Waals surface area contributed by atoms with Crippen molar-refractivity contribution < 1.29 is 13.2 Å². The monoisotopic (exact) mass is 461 g/mol. The zero-order valence-electron chi connectivity index (χ0n) is 16.2. The van der Waals surface area contributed by atoms with E-state index >= 15 is 0 Å². The molecule has 2 aromatic carbocycles. The molecule has 0 aromatic heterocycles. The van der Waals surface area contributed by atoms with E-state index in [4.69, 9.17) is 11.6 Å². The van der Waals surface area contributed by atoms with Crippen LogP contribution in [0.25, 0.3) is 0 Å². The van der Waals surface area contributed by atoms with Crippen LogP contribution in [-0.4, -0.2) is 53.5 Å². The van der Waals surface area contributed by atoms with Gasteiger partial charge in [-0.25, -0.2) is 13.4 Å². The molecule has 0 unspecified atom stereocenters. The van der Waals surface area contributed by atoms with Crippen LogP contribution in [-0.2, 0) is 21.1 Å². The Kier molecular flexibility index (Phi) is 5.99. The molecule has 0 N–H and O–H groups in total. The molecule has 9 heteroatoms. The fourth-order valence-corrected chi connectivity index (χ4v) is 7.48. The predicted molar refractivity (Wildman–Crippen MR) is 122 cm³/mol. The minimum Gasteiger partial charge on any atom is -0.272 e. The molecule has 2 atom stereocenters. The van der Waals surface area contributed by atoms with Crippen molar-refractivity contribution in [3.63, 3.8) is 0 Å². The van der Waals surface area contributed by atoms with E-state index in [0.717, 1.165) is 16.7 Å². The summed E-state index contributed by atoms with van der Waals surface area (Å²) in [7, 11) is -3.13. The lowest BCUT2D eigenvalue weighted by Gasteiger charge is -2.18. The lowest BCUT2D eigenvalue weighted by molar-refractivity contribution is -0.117. The van der Waals surface area contributed by atoms with E-state index in [1.54, 1.807) is 23.4 Å². The minimum atomic E-state index is -3.13. The number of thioether (sulfide) groups is 1. The summed E-state index contributed by atoms with van der Waals surface area (Å²) in [5.41, 5.74) is 2.79.